The van der Waals surface area contributed by atoms with Gasteiger partial charge in [0.15, 0.2) is 6.29 Å². The van der Waals surface area contributed by atoms with Crippen LogP contribution in [0.5, 0.6) is 0 Å². The fraction of sp³-hybridized carbons (Fsp3) is 0.929. The van der Waals surface area contributed by atoms with Gasteiger partial charge in [-0.05, 0) is 7.05 Å². The summed E-state index contributed by atoms with van der Waals surface area (Å²) in [5.74, 6) is -0.142. The first-order chi connectivity index (χ1) is 11.4. The van der Waals surface area contributed by atoms with Crippen LogP contribution in [0.25, 0.3) is 0 Å². The molecule has 0 spiro atoms. The fourth-order valence-corrected chi connectivity index (χ4v) is 2.28. The number of aliphatic hydroxyl groups is 4. The third-order valence-corrected chi connectivity index (χ3v) is 3.79. The molecule has 1 heterocycles. The van der Waals surface area contributed by atoms with Crippen LogP contribution in [0.3, 0.4) is 0 Å². The molecule has 1 fully saturated rings. The monoisotopic (exact) mass is 351 g/mol. The maximum atomic E-state index is 11.6. The van der Waals surface area contributed by atoms with Crippen molar-refractivity contribution in [1.82, 2.24) is 10.2 Å². The number of carbonyl (C=O) groups is 1. The maximum absolute atomic E-state index is 11.6. The highest BCUT2D eigenvalue weighted by molar-refractivity contribution is 5.76. The van der Waals surface area contributed by atoms with Gasteiger partial charge in [-0.15, -0.1) is 0 Å². The number of likely N-dealkylation sites (N-methyl/N-ethyl adjacent to an activating group) is 1. The second-order valence-corrected chi connectivity index (χ2v) is 5.76. The Balaban J connectivity index is 2.23. The SMILES string of the molecule is CN(CCN)CCC(=O)NCCOC1OC(CO)C(O)C(O)C1O. The number of nitrogens with zero attached hydrogens (tertiary/aromatic N) is 1. The van der Waals surface area contributed by atoms with Crippen molar-refractivity contribution in [3.63, 3.8) is 0 Å². The van der Waals surface area contributed by atoms with E-state index in [0.29, 0.717) is 26.1 Å². The second-order valence-electron chi connectivity index (χ2n) is 5.76. The van der Waals surface area contributed by atoms with Crippen molar-refractivity contribution in [3.05, 3.63) is 0 Å². The molecule has 0 aromatic rings. The molecule has 142 valence electrons. The highest BCUT2D eigenvalue weighted by Gasteiger charge is 2.43. The van der Waals surface area contributed by atoms with E-state index in [0.717, 1.165) is 0 Å². The lowest BCUT2D eigenvalue weighted by atomic mass is 9.99. The number of nitrogens with one attached hydrogen (secondary N) is 1. The fourth-order valence-electron chi connectivity index (χ4n) is 2.28. The van der Waals surface area contributed by atoms with Crippen molar-refractivity contribution in [2.45, 2.75) is 37.1 Å². The van der Waals surface area contributed by atoms with Gasteiger partial charge in [-0.25, -0.2) is 0 Å². The molecule has 1 aliphatic heterocycles. The van der Waals surface area contributed by atoms with Crippen molar-refractivity contribution in [3.8, 4) is 0 Å². The summed E-state index contributed by atoms with van der Waals surface area (Å²) in [5.41, 5.74) is 5.41. The Labute approximate surface area is 141 Å². The van der Waals surface area contributed by atoms with Gasteiger partial charge in [0.2, 0.25) is 5.91 Å². The molecule has 0 bridgehead atoms. The largest absolute Gasteiger partial charge is 0.394 e. The third-order valence-electron chi connectivity index (χ3n) is 3.79. The summed E-state index contributed by atoms with van der Waals surface area (Å²) >= 11 is 0. The Hall–Kier alpha value is -0.850. The number of amides is 1. The Morgan fingerprint density at radius 1 is 1.25 bits per heavy atom. The van der Waals surface area contributed by atoms with E-state index in [-0.39, 0.29) is 19.1 Å². The molecule has 0 aromatic carbocycles. The van der Waals surface area contributed by atoms with Gasteiger partial charge in [0.1, 0.15) is 24.4 Å². The van der Waals surface area contributed by atoms with Crippen LogP contribution in [0.4, 0.5) is 0 Å². The quantitative estimate of drug-likeness (QED) is 0.217. The van der Waals surface area contributed by atoms with Crippen LogP contribution >= 0.6 is 0 Å². The Bertz CT molecular complexity index is 372. The van der Waals surface area contributed by atoms with Crippen molar-refractivity contribution in [2.24, 2.45) is 5.73 Å². The summed E-state index contributed by atoms with van der Waals surface area (Å²) in [4.78, 5) is 13.6. The Morgan fingerprint density at radius 2 is 1.96 bits per heavy atom. The highest BCUT2D eigenvalue weighted by Crippen LogP contribution is 2.21. The van der Waals surface area contributed by atoms with E-state index in [1.807, 2.05) is 11.9 Å². The average Bonchev–Trinajstić information content (AvgIpc) is 2.56. The normalized spacial score (nSPS) is 30.5. The molecule has 10 nitrogen and oxygen atoms in total. The lowest BCUT2D eigenvalue weighted by molar-refractivity contribution is -0.300. The van der Waals surface area contributed by atoms with Crippen LogP contribution in [0.2, 0.25) is 0 Å². The minimum atomic E-state index is -1.48. The summed E-state index contributed by atoms with van der Waals surface area (Å²) in [6.07, 6.45) is -6.21. The average molecular weight is 351 g/mol. The van der Waals surface area contributed by atoms with E-state index in [4.69, 9.17) is 20.3 Å². The molecule has 0 radical (unpaired) electrons. The van der Waals surface area contributed by atoms with Crippen LogP contribution in [-0.2, 0) is 14.3 Å². The van der Waals surface area contributed by atoms with E-state index < -0.39 is 37.3 Å². The zero-order chi connectivity index (χ0) is 18.1. The number of ether oxygens (including phenoxy) is 2. The lowest BCUT2D eigenvalue weighted by Gasteiger charge is -2.39. The van der Waals surface area contributed by atoms with E-state index in [1.54, 1.807) is 0 Å². The summed E-state index contributed by atoms with van der Waals surface area (Å²) < 4.78 is 10.4. The number of aliphatic hydroxyl groups excluding tert-OH is 4. The zero-order valence-corrected chi connectivity index (χ0v) is 13.9. The molecule has 0 aromatic heterocycles. The predicted molar refractivity (Wildman–Crippen MR) is 83.9 cm³/mol. The van der Waals surface area contributed by atoms with Crippen LogP contribution in [0, 0.1) is 0 Å². The van der Waals surface area contributed by atoms with E-state index in [9.17, 15) is 20.1 Å². The van der Waals surface area contributed by atoms with Crippen molar-refractivity contribution in [1.29, 1.82) is 0 Å². The molecule has 7 N–H and O–H groups in total. The molecule has 10 heteroatoms. The summed E-state index contributed by atoms with van der Waals surface area (Å²) in [6.45, 7) is 1.58. The van der Waals surface area contributed by atoms with Crippen molar-refractivity contribution < 1.29 is 34.7 Å². The topological polar surface area (TPSA) is 158 Å². The third kappa shape index (κ3) is 6.57. The van der Waals surface area contributed by atoms with Crippen LogP contribution in [0.1, 0.15) is 6.42 Å². The Kier molecular flexibility index (Phi) is 9.63. The lowest BCUT2D eigenvalue weighted by Crippen LogP contribution is -2.59. The van der Waals surface area contributed by atoms with Crippen LogP contribution in [-0.4, -0.2) is 108 Å². The molecule has 1 rings (SSSR count). The second kappa shape index (κ2) is 10.9. The van der Waals surface area contributed by atoms with Gasteiger partial charge >= 0.3 is 0 Å². The molecule has 24 heavy (non-hydrogen) atoms. The summed E-state index contributed by atoms with van der Waals surface area (Å²) in [7, 11) is 1.88. The minimum absolute atomic E-state index is 0.0487. The first-order valence-corrected chi connectivity index (χ1v) is 7.98. The van der Waals surface area contributed by atoms with Gasteiger partial charge in [-0.1, -0.05) is 0 Å². The highest BCUT2D eigenvalue weighted by atomic mass is 16.7. The summed E-state index contributed by atoms with van der Waals surface area (Å²) in [5, 5.41) is 40.8. The van der Waals surface area contributed by atoms with Gasteiger partial charge in [0.25, 0.3) is 0 Å². The van der Waals surface area contributed by atoms with Gasteiger partial charge in [-0.2, -0.15) is 0 Å². The molecule has 5 atom stereocenters. The standard InChI is InChI=1S/C14H29N3O7/c1-17(6-3-15)5-2-10(19)16-4-7-23-14-13(22)12(21)11(20)9(8-18)24-14/h9,11-14,18,20-22H,2-8,15H2,1H3,(H,16,19). The van der Waals surface area contributed by atoms with Gasteiger partial charge in [-0.3, -0.25) is 4.79 Å². The number of nitrogens with two attached hydrogens (primary N) is 1. The first kappa shape index (κ1) is 21.2. The van der Waals surface area contributed by atoms with E-state index in [2.05, 4.69) is 5.32 Å². The van der Waals surface area contributed by atoms with E-state index >= 15 is 0 Å². The van der Waals surface area contributed by atoms with Crippen LogP contribution in [0.15, 0.2) is 0 Å². The van der Waals surface area contributed by atoms with Crippen molar-refractivity contribution >= 4 is 5.91 Å². The molecular weight excluding hydrogens is 322 g/mol. The first-order valence-electron chi connectivity index (χ1n) is 7.98. The van der Waals surface area contributed by atoms with Crippen molar-refractivity contribution in [2.75, 3.05) is 46.4 Å². The predicted octanol–water partition coefficient (Wildman–Crippen LogP) is -3.80. The molecule has 1 amide bonds. The number of rotatable bonds is 10. The minimum Gasteiger partial charge on any atom is -0.394 e. The molecule has 1 saturated heterocycles. The van der Waals surface area contributed by atoms with Gasteiger partial charge in [0.05, 0.1) is 13.2 Å². The number of carbonyl (C=O) groups excluding carboxylic acids is 1. The number of hydrogen-bond acceptors (Lipinski definition) is 9. The molecule has 5 unspecified atom stereocenters. The van der Waals surface area contributed by atoms with E-state index in [1.165, 1.54) is 0 Å². The molecular formula is C14H29N3O7. The van der Waals surface area contributed by atoms with Crippen LogP contribution < -0.4 is 11.1 Å². The number of hydrogen-bond donors (Lipinski definition) is 6. The molecule has 1 aliphatic rings. The Morgan fingerprint density at radius 3 is 2.58 bits per heavy atom. The van der Waals surface area contributed by atoms with Gasteiger partial charge in [0, 0.05) is 32.6 Å². The molecule has 0 aliphatic carbocycles. The smallest absolute Gasteiger partial charge is 0.221 e. The maximum Gasteiger partial charge on any atom is 0.221 e. The zero-order valence-electron chi connectivity index (χ0n) is 13.9. The molecule has 0 saturated carbocycles. The van der Waals surface area contributed by atoms with Gasteiger partial charge < -0.3 is 45.9 Å². The summed E-state index contributed by atoms with van der Waals surface area (Å²) in [6, 6.07) is 0.